The summed E-state index contributed by atoms with van der Waals surface area (Å²) in [6.45, 7) is 0.828. The van der Waals surface area contributed by atoms with E-state index in [9.17, 15) is 23.2 Å². The van der Waals surface area contributed by atoms with Gasteiger partial charge in [0.25, 0.3) is 5.91 Å². The largest absolute Gasteiger partial charge is 0.486 e. The van der Waals surface area contributed by atoms with E-state index in [-0.39, 0.29) is 5.57 Å². The van der Waals surface area contributed by atoms with Gasteiger partial charge in [-0.2, -0.15) is 18.4 Å². The lowest BCUT2D eigenvalue weighted by Crippen LogP contribution is -2.17. The molecule has 8 heteroatoms. The van der Waals surface area contributed by atoms with Crippen LogP contribution in [0.15, 0.2) is 48.0 Å². The van der Waals surface area contributed by atoms with Gasteiger partial charge in [0, 0.05) is 11.8 Å². The lowest BCUT2D eigenvalue weighted by atomic mass is 10.1. The number of alkyl halides is 3. The van der Waals surface area contributed by atoms with Crippen LogP contribution in [-0.4, -0.2) is 19.1 Å². The molecule has 5 nitrogen and oxygen atoms in total. The first-order valence-electron chi connectivity index (χ1n) is 7.87. The van der Waals surface area contributed by atoms with Crippen molar-refractivity contribution in [1.82, 2.24) is 0 Å². The van der Waals surface area contributed by atoms with Crippen LogP contribution in [0.3, 0.4) is 0 Å². The molecule has 0 atom stereocenters. The highest BCUT2D eigenvalue weighted by atomic mass is 19.4. The van der Waals surface area contributed by atoms with Gasteiger partial charge in [-0.3, -0.25) is 4.79 Å². The van der Waals surface area contributed by atoms with E-state index in [0.29, 0.717) is 36.0 Å². The summed E-state index contributed by atoms with van der Waals surface area (Å²) < 4.78 is 48.6. The van der Waals surface area contributed by atoms with Crippen LogP contribution in [-0.2, 0) is 11.0 Å². The predicted octanol–water partition coefficient (Wildman–Crippen LogP) is 4.02. The monoisotopic (exact) mass is 374 g/mol. The normalized spacial score (nSPS) is 13.6. The summed E-state index contributed by atoms with van der Waals surface area (Å²) in [5.74, 6) is 0.346. The van der Waals surface area contributed by atoms with Crippen LogP contribution in [0.5, 0.6) is 11.5 Å². The van der Waals surface area contributed by atoms with Gasteiger partial charge in [-0.05, 0) is 35.9 Å². The van der Waals surface area contributed by atoms with Crippen molar-refractivity contribution in [3.8, 4) is 17.6 Å². The molecular weight excluding hydrogens is 361 g/mol. The Bertz CT molecular complexity index is 929. The molecule has 1 N–H and O–H groups in total. The number of nitrogens with zero attached hydrogens (tertiary/aromatic N) is 1. The van der Waals surface area contributed by atoms with E-state index in [0.717, 1.165) is 12.1 Å². The van der Waals surface area contributed by atoms with E-state index in [2.05, 4.69) is 5.32 Å². The zero-order chi connectivity index (χ0) is 19.4. The highest BCUT2D eigenvalue weighted by molar-refractivity contribution is 6.09. The number of ether oxygens (including phenoxy) is 2. The highest BCUT2D eigenvalue weighted by Crippen LogP contribution is 2.33. The zero-order valence-corrected chi connectivity index (χ0v) is 13.8. The van der Waals surface area contributed by atoms with Crippen molar-refractivity contribution < 1.29 is 27.4 Å². The molecule has 0 saturated heterocycles. The van der Waals surface area contributed by atoms with Crippen molar-refractivity contribution in [1.29, 1.82) is 5.26 Å². The Morgan fingerprint density at radius 3 is 2.37 bits per heavy atom. The van der Waals surface area contributed by atoms with Crippen LogP contribution < -0.4 is 14.8 Å². The summed E-state index contributed by atoms with van der Waals surface area (Å²) >= 11 is 0. The van der Waals surface area contributed by atoms with E-state index in [1.165, 1.54) is 18.2 Å². The molecule has 0 radical (unpaired) electrons. The second-order valence-corrected chi connectivity index (χ2v) is 5.60. The van der Waals surface area contributed by atoms with E-state index < -0.39 is 17.6 Å². The van der Waals surface area contributed by atoms with E-state index in [4.69, 9.17) is 9.47 Å². The maximum Gasteiger partial charge on any atom is 0.416 e. The van der Waals surface area contributed by atoms with Crippen LogP contribution in [0, 0.1) is 11.3 Å². The van der Waals surface area contributed by atoms with E-state index in [1.807, 2.05) is 0 Å². The van der Waals surface area contributed by atoms with Crippen molar-refractivity contribution in [3.05, 3.63) is 59.2 Å². The van der Waals surface area contributed by atoms with E-state index in [1.54, 1.807) is 24.3 Å². The number of carbonyl (C=O) groups is 1. The fourth-order valence-corrected chi connectivity index (χ4v) is 2.40. The maximum absolute atomic E-state index is 12.6. The van der Waals surface area contributed by atoms with Crippen molar-refractivity contribution in [2.24, 2.45) is 0 Å². The van der Waals surface area contributed by atoms with Gasteiger partial charge in [0.2, 0.25) is 0 Å². The topological polar surface area (TPSA) is 71.4 Å². The first-order valence-corrected chi connectivity index (χ1v) is 7.87. The quantitative estimate of drug-likeness (QED) is 0.651. The first-order chi connectivity index (χ1) is 12.9. The van der Waals surface area contributed by atoms with Gasteiger partial charge in [0.05, 0.1) is 5.56 Å². The second-order valence-electron chi connectivity index (χ2n) is 5.60. The van der Waals surface area contributed by atoms with Gasteiger partial charge in [-0.25, -0.2) is 0 Å². The molecule has 0 fully saturated rings. The number of nitrogens with one attached hydrogen (secondary N) is 1. The summed E-state index contributed by atoms with van der Waals surface area (Å²) in [5.41, 5.74) is -0.349. The molecule has 0 saturated carbocycles. The number of amides is 1. The fraction of sp³-hybridized carbons (Fsp3) is 0.158. The van der Waals surface area contributed by atoms with Crippen LogP contribution in [0.1, 0.15) is 11.1 Å². The summed E-state index contributed by atoms with van der Waals surface area (Å²) in [6, 6.07) is 10.7. The molecule has 1 aliphatic heterocycles. The number of nitriles is 1. The average Bonchev–Trinajstić information content (AvgIpc) is 2.65. The molecule has 0 aliphatic carbocycles. The number of benzene rings is 2. The molecule has 27 heavy (non-hydrogen) atoms. The van der Waals surface area contributed by atoms with Crippen molar-refractivity contribution in [2.75, 3.05) is 18.5 Å². The number of halogens is 3. The second kappa shape index (κ2) is 7.41. The molecule has 1 heterocycles. The van der Waals surface area contributed by atoms with Gasteiger partial charge < -0.3 is 14.8 Å². The lowest BCUT2D eigenvalue weighted by molar-refractivity contribution is -0.137. The zero-order valence-electron chi connectivity index (χ0n) is 13.8. The molecule has 0 bridgehead atoms. The number of rotatable bonds is 3. The third-order valence-corrected chi connectivity index (χ3v) is 3.71. The minimum Gasteiger partial charge on any atom is -0.486 e. The number of carbonyl (C=O) groups excluding carboxylic acids is 1. The molecule has 1 amide bonds. The number of anilines is 1. The van der Waals surface area contributed by atoms with Crippen molar-refractivity contribution in [3.63, 3.8) is 0 Å². The molecule has 138 valence electrons. The standard InChI is InChI=1S/C19H13F3N2O3/c20-19(21,22)14-3-1-12(2-4-14)9-13(11-23)18(25)24-15-5-6-16-17(10-15)27-8-7-26-16/h1-6,9-10H,7-8H2,(H,24,25)/b13-9+. The fourth-order valence-electron chi connectivity index (χ4n) is 2.40. The highest BCUT2D eigenvalue weighted by Gasteiger charge is 2.29. The smallest absolute Gasteiger partial charge is 0.416 e. The average molecular weight is 374 g/mol. The van der Waals surface area contributed by atoms with Gasteiger partial charge >= 0.3 is 6.18 Å². The van der Waals surface area contributed by atoms with Crippen molar-refractivity contribution in [2.45, 2.75) is 6.18 Å². The summed E-state index contributed by atoms with van der Waals surface area (Å²) in [5, 5.41) is 11.8. The Hall–Kier alpha value is -3.47. The van der Waals surface area contributed by atoms with E-state index >= 15 is 0 Å². The number of hydrogen-bond donors (Lipinski definition) is 1. The predicted molar refractivity (Wildman–Crippen MR) is 91.1 cm³/mol. The van der Waals surface area contributed by atoms with Gasteiger partial charge in [-0.1, -0.05) is 12.1 Å². The maximum atomic E-state index is 12.6. The molecule has 3 rings (SSSR count). The lowest BCUT2D eigenvalue weighted by Gasteiger charge is -2.18. The molecule has 0 aromatic heterocycles. The molecular formula is C19H13F3N2O3. The van der Waals surface area contributed by atoms with Gasteiger partial charge in [-0.15, -0.1) is 0 Å². The van der Waals surface area contributed by atoms with Gasteiger partial charge in [0.15, 0.2) is 11.5 Å². The van der Waals surface area contributed by atoms with Crippen LogP contribution in [0.2, 0.25) is 0 Å². The molecule has 1 aliphatic rings. The minimum atomic E-state index is -4.45. The number of fused-ring (bicyclic) bond motifs is 1. The third kappa shape index (κ3) is 4.39. The summed E-state index contributed by atoms with van der Waals surface area (Å²) in [6.07, 6.45) is -3.23. The molecule has 2 aromatic rings. The minimum absolute atomic E-state index is 0.246. The van der Waals surface area contributed by atoms with Crippen LogP contribution in [0.4, 0.5) is 18.9 Å². The Labute approximate surface area is 152 Å². The molecule has 2 aromatic carbocycles. The van der Waals surface area contributed by atoms with Gasteiger partial charge in [0.1, 0.15) is 24.9 Å². The Morgan fingerprint density at radius 2 is 1.74 bits per heavy atom. The summed E-state index contributed by atoms with van der Waals surface area (Å²) in [7, 11) is 0. The number of hydrogen-bond acceptors (Lipinski definition) is 4. The summed E-state index contributed by atoms with van der Waals surface area (Å²) in [4.78, 5) is 12.3. The Kier molecular flexibility index (Phi) is 5.03. The molecule has 0 spiro atoms. The molecule has 0 unspecified atom stereocenters. The third-order valence-electron chi connectivity index (χ3n) is 3.71. The van der Waals surface area contributed by atoms with Crippen molar-refractivity contribution >= 4 is 17.7 Å². The Morgan fingerprint density at radius 1 is 1.07 bits per heavy atom. The first kappa shape index (κ1) is 18.3. The van der Waals surface area contributed by atoms with Crippen LogP contribution in [0.25, 0.3) is 6.08 Å². The Balaban J connectivity index is 1.76. The van der Waals surface area contributed by atoms with Crippen LogP contribution >= 0.6 is 0 Å². The SMILES string of the molecule is N#C/C(=C\c1ccc(C(F)(F)F)cc1)C(=O)Nc1ccc2c(c1)OCCO2.